The van der Waals surface area contributed by atoms with Crippen molar-refractivity contribution in [1.29, 1.82) is 0 Å². The number of phenols is 1. The number of anilines is 1. The van der Waals surface area contributed by atoms with Gasteiger partial charge < -0.3 is 5.11 Å². The lowest BCUT2D eigenvalue weighted by Crippen LogP contribution is -1.92. The van der Waals surface area contributed by atoms with Crippen LogP contribution in [0.2, 0.25) is 0 Å². The Morgan fingerprint density at radius 1 is 1.47 bits per heavy atom. The van der Waals surface area contributed by atoms with Crippen molar-refractivity contribution in [1.82, 2.24) is 4.98 Å². The highest BCUT2D eigenvalue weighted by Gasteiger charge is 2.26. The van der Waals surface area contributed by atoms with Crippen molar-refractivity contribution in [3.05, 3.63) is 40.4 Å². The molecule has 2 N–H and O–H groups in total. The number of aryl methyl sites for hydroxylation is 1. The molecule has 0 aliphatic heterocycles. The summed E-state index contributed by atoms with van der Waals surface area (Å²) >= 11 is 1.51. The Balaban J connectivity index is 1.73. The Hall–Kier alpha value is -1.88. The van der Waals surface area contributed by atoms with Crippen molar-refractivity contribution in [3.63, 3.8) is 0 Å². The van der Waals surface area contributed by atoms with Gasteiger partial charge in [0.1, 0.15) is 5.75 Å². The molecule has 0 amide bonds. The molecule has 19 heavy (non-hydrogen) atoms. The van der Waals surface area contributed by atoms with E-state index in [1.165, 1.54) is 24.2 Å². The zero-order chi connectivity index (χ0) is 13.2. The van der Waals surface area contributed by atoms with Gasteiger partial charge in [0.2, 0.25) is 5.13 Å². The molecule has 3 rings (SSSR count). The summed E-state index contributed by atoms with van der Waals surface area (Å²) in [5, 5.41) is 17.0. The molecule has 2 aromatic rings. The van der Waals surface area contributed by atoms with Gasteiger partial charge in [-0.15, -0.1) is 11.3 Å². The largest absolute Gasteiger partial charge is 0.507 e. The molecule has 1 heterocycles. The Labute approximate surface area is 115 Å². The number of nitrogens with zero attached hydrogens (tertiary/aromatic N) is 2. The number of para-hydroxylation sites is 1. The molecular formula is C14H15N3OS. The molecule has 0 atom stereocenters. The number of hydrazone groups is 1. The smallest absolute Gasteiger partial charge is 0.203 e. The number of rotatable bonds is 4. The summed E-state index contributed by atoms with van der Waals surface area (Å²) < 4.78 is 0. The van der Waals surface area contributed by atoms with Crippen LogP contribution in [0.25, 0.3) is 0 Å². The summed E-state index contributed by atoms with van der Waals surface area (Å²) in [6.07, 6.45) is 3.98. The second-order valence-corrected chi connectivity index (χ2v) is 5.58. The van der Waals surface area contributed by atoms with E-state index in [0.717, 1.165) is 22.0 Å². The van der Waals surface area contributed by atoms with E-state index in [4.69, 9.17) is 0 Å². The molecule has 0 spiro atoms. The molecular weight excluding hydrogens is 258 g/mol. The summed E-state index contributed by atoms with van der Waals surface area (Å²) in [5.41, 5.74) is 5.62. The highest BCUT2D eigenvalue weighted by atomic mass is 32.1. The average molecular weight is 273 g/mol. The van der Waals surface area contributed by atoms with Crippen molar-refractivity contribution in [3.8, 4) is 5.75 Å². The van der Waals surface area contributed by atoms with Crippen LogP contribution in [-0.4, -0.2) is 16.3 Å². The highest BCUT2D eigenvalue weighted by Crippen LogP contribution is 2.44. The van der Waals surface area contributed by atoms with E-state index in [9.17, 15) is 5.11 Å². The van der Waals surface area contributed by atoms with Crippen LogP contribution in [0.1, 0.15) is 35.6 Å². The van der Waals surface area contributed by atoms with Gasteiger partial charge in [0, 0.05) is 10.9 Å². The molecule has 0 radical (unpaired) electrons. The SMILES string of the molecule is Cc1csc(NN=Cc2cccc(C3CC3)c2O)n1. The topological polar surface area (TPSA) is 57.5 Å². The van der Waals surface area contributed by atoms with Crippen molar-refractivity contribution in [2.24, 2.45) is 5.10 Å². The third kappa shape index (κ3) is 2.76. The van der Waals surface area contributed by atoms with Gasteiger partial charge in [-0.2, -0.15) is 5.10 Å². The molecule has 1 saturated carbocycles. The van der Waals surface area contributed by atoms with E-state index >= 15 is 0 Å². The van der Waals surface area contributed by atoms with E-state index < -0.39 is 0 Å². The second kappa shape index (κ2) is 5.01. The quantitative estimate of drug-likeness (QED) is 0.662. The van der Waals surface area contributed by atoms with Gasteiger partial charge in [0.05, 0.1) is 11.9 Å². The van der Waals surface area contributed by atoms with E-state index in [-0.39, 0.29) is 0 Å². The zero-order valence-electron chi connectivity index (χ0n) is 10.6. The number of aromatic nitrogens is 1. The van der Waals surface area contributed by atoms with E-state index in [0.29, 0.717) is 11.7 Å². The average Bonchev–Trinajstić information content (AvgIpc) is 3.15. The Morgan fingerprint density at radius 2 is 2.32 bits per heavy atom. The first kappa shape index (κ1) is 12.2. The van der Waals surface area contributed by atoms with Crippen LogP contribution < -0.4 is 5.43 Å². The van der Waals surface area contributed by atoms with Crippen molar-refractivity contribution in [2.75, 3.05) is 5.43 Å². The maximum atomic E-state index is 10.2. The first-order valence-electron chi connectivity index (χ1n) is 6.27. The molecule has 1 aromatic carbocycles. The molecule has 1 aromatic heterocycles. The van der Waals surface area contributed by atoms with Crippen LogP contribution in [0.5, 0.6) is 5.75 Å². The van der Waals surface area contributed by atoms with Crippen molar-refractivity contribution < 1.29 is 5.11 Å². The van der Waals surface area contributed by atoms with Crippen molar-refractivity contribution >= 4 is 22.7 Å². The van der Waals surface area contributed by atoms with Crippen LogP contribution in [0.15, 0.2) is 28.7 Å². The summed E-state index contributed by atoms with van der Waals surface area (Å²) in [7, 11) is 0. The lowest BCUT2D eigenvalue weighted by atomic mass is 10.1. The fraction of sp³-hybridized carbons (Fsp3) is 0.286. The van der Waals surface area contributed by atoms with E-state index in [1.54, 1.807) is 6.21 Å². The summed E-state index contributed by atoms with van der Waals surface area (Å²) in [4.78, 5) is 4.25. The van der Waals surface area contributed by atoms with Crippen LogP contribution >= 0.6 is 11.3 Å². The zero-order valence-corrected chi connectivity index (χ0v) is 11.4. The predicted molar refractivity (Wildman–Crippen MR) is 78.1 cm³/mol. The number of aromatic hydroxyl groups is 1. The first-order chi connectivity index (χ1) is 9.24. The molecule has 5 heteroatoms. The van der Waals surface area contributed by atoms with Gasteiger partial charge in [-0.05, 0) is 37.3 Å². The van der Waals surface area contributed by atoms with Gasteiger partial charge in [0.15, 0.2) is 0 Å². The van der Waals surface area contributed by atoms with E-state index in [1.807, 2.05) is 30.5 Å². The van der Waals surface area contributed by atoms with Gasteiger partial charge >= 0.3 is 0 Å². The maximum absolute atomic E-state index is 10.2. The fourth-order valence-electron chi connectivity index (χ4n) is 1.97. The minimum Gasteiger partial charge on any atom is -0.507 e. The fourth-order valence-corrected chi connectivity index (χ4v) is 2.61. The molecule has 0 unspecified atom stereocenters. The molecule has 98 valence electrons. The number of hydrogen-bond donors (Lipinski definition) is 2. The standard InChI is InChI=1S/C14H15N3OS/c1-9-8-19-14(16-9)17-15-7-11-3-2-4-12(13(11)18)10-5-6-10/h2-4,7-8,10,18H,5-6H2,1H3,(H,16,17). The predicted octanol–water partition coefficient (Wildman–Crippen LogP) is 3.48. The van der Waals surface area contributed by atoms with Gasteiger partial charge in [-0.1, -0.05) is 12.1 Å². The summed E-state index contributed by atoms with van der Waals surface area (Å²) in [6, 6.07) is 5.81. The minimum atomic E-state index is 0.353. The second-order valence-electron chi connectivity index (χ2n) is 4.72. The molecule has 4 nitrogen and oxygen atoms in total. The monoisotopic (exact) mass is 273 g/mol. The summed E-state index contributed by atoms with van der Waals surface area (Å²) in [6.45, 7) is 1.94. The number of nitrogens with one attached hydrogen (secondary N) is 1. The maximum Gasteiger partial charge on any atom is 0.203 e. The van der Waals surface area contributed by atoms with Crippen LogP contribution in [0.4, 0.5) is 5.13 Å². The molecule has 1 aliphatic rings. The minimum absolute atomic E-state index is 0.353. The normalized spacial score (nSPS) is 15.0. The number of phenolic OH excluding ortho intramolecular Hbond substituents is 1. The number of thiazole rings is 1. The van der Waals surface area contributed by atoms with Crippen LogP contribution in [0.3, 0.4) is 0 Å². The first-order valence-corrected chi connectivity index (χ1v) is 7.15. The Morgan fingerprint density at radius 3 is 3.00 bits per heavy atom. The van der Waals surface area contributed by atoms with Gasteiger partial charge in [0.25, 0.3) is 0 Å². The highest BCUT2D eigenvalue weighted by molar-refractivity contribution is 7.13. The molecule has 0 saturated heterocycles. The van der Waals surface area contributed by atoms with Crippen LogP contribution in [-0.2, 0) is 0 Å². The molecule has 1 aliphatic carbocycles. The molecule has 1 fully saturated rings. The van der Waals surface area contributed by atoms with Crippen molar-refractivity contribution in [2.45, 2.75) is 25.7 Å². The number of hydrogen-bond acceptors (Lipinski definition) is 5. The third-order valence-corrected chi connectivity index (χ3v) is 3.96. The Kier molecular flexibility index (Phi) is 3.21. The van der Waals surface area contributed by atoms with Gasteiger partial charge in [-0.3, -0.25) is 5.43 Å². The van der Waals surface area contributed by atoms with Crippen LogP contribution in [0, 0.1) is 6.92 Å². The van der Waals surface area contributed by atoms with E-state index in [2.05, 4.69) is 15.5 Å². The van der Waals surface area contributed by atoms with Gasteiger partial charge in [-0.25, -0.2) is 4.98 Å². The third-order valence-electron chi connectivity index (χ3n) is 3.10. The molecule has 0 bridgehead atoms. The Bertz CT molecular complexity index is 617. The summed E-state index contributed by atoms with van der Waals surface area (Å²) in [5.74, 6) is 0.883. The lowest BCUT2D eigenvalue weighted by Gasteiger charge is -2.05. The lowest BCUT2D eigenvalue weighted by molar-refractivity contribution is 0.467. The number of benzene rings is 1.